The van der Waals surface area contributed by atoms with Gasteiger partial charge in [-0.15, -0.1) is 0 Å². The van der Waals surface area contributed by atoms with Crippen LogP contribution in [0.4, 0.5) is 0 Å². The van der Waals surface area contributed by atoms with Gasteiger partial charge in [0.15, 0.2) is 0 Å². The lowest BCUT2D eigenvalue weighted by Gasteiger charge is -2.16. The van der Waals surface area contributed by atoms with Gasteiger partial charge in [0.1, 0.15) is 0 Å². The number of allylic oxidation sites excluding steroid dienone is 1. The van der Waals surface area contributed by atoms with Crippen molar-refractivity contribution in [1.82, 2.24) is 0 Å². The molecule has 2 nitrogen and oxygen atoms in total. The van der Waals surface area contributed by atoms with E-state index in [-0.39, 0.29) is 6.04 Å². The zero-order valence-corrected chi connectivity index (χ0v) is 9.57. The Morgan fingerprint density at radius 3 is 2.43 bits per heavy atom. The molecule has 0 heterocycles. The molecule has 0 aliphatic heterocycles. The largest absolute Gasteiger partial charge is 0.383 e. The quantitative estimate of drug-likeness (QED) is 0.701. The number of nitrogens with two attached hydrogens (primary N) is 1. The highest BCUT2D eigenvalue weighted by Gasteiger charge is 2.27. The lowest BCUT2D eigenvalue weighted by molar-refractivity contribution is 0.191. The van der Waals surface area contributed by atoms with Crippen molar-refractivity contribution in [3.8, 4) is 0 Å². The molecule has 14 heavy (non-hydrogen) atoms. The molecule has 3 atom stereocenters. The molecule has 0 aromatic heterocycles. The van der Waals surface area contributed by atoms with Gasteiger partial charge in [0.2, 0.25) is 0 Å². The molecule has 1 aliphatic carbocycles. The fourth-order valence-corrected chi connectivity index (χ4v) is 2.37. The SMILES string of the molecule is COCC(N)C=CC1C(C)CCC1C. The summed E-state index contributed by atoms with van der Waals surface area (Å²) in [6.45, 7) is 5.28. The smallest absolute Gasteiger partial charge is 0.0649 e. The molecule has 3 unspecified atom stereocenters. The van der Waals surface area contributed by atoms with Crippen LogP contribution in [0.25, 0.3) is 0 Å². The second-order valence-electron chi connectivity index (χ2n) is 4.61. The van der Waals surface area contributed by atoms with Crippen molar-refractivity contribution in [2.24, 2.45) is 23.5 Å². The van der Waals surface area contributed by atoms with Crippen molar-refractivity contribution >= 4 is 0 Å². The van der Waals surface area contributed by atoms with Crippen LogP contribution in [0.3, 0.4) is 0 Å². The van der Waals surface area contributed by atoms with E-state index in [9.17, 15) is 0 Å². The van der Waals surface area contributed by atoms with Crippen LogP contribution >= 0.6 is 0 Å². The summed E-state index contributed by atoms with van der Waals surface area (Å²) in [5.74, 6) is 2.35. The van der Waals surface area contributed by atoms with Crippen LogP contribution in [0.2, 0.25) is 0 Å². The molecule has 1 saturated carbocycles. The Bertz CT molecular complexity index is 181. The average molecular weight is 197 g/mol. The summed E-state index contributed by atoms with van der Waals surface area (Å²) in [7, 11) is 1.69. The molecule has 0 aromatic rings. The van der Waals surface area contributed by atoms with Crippen molar-refractivity contribution in [2.45, 2.75) is 32.7 Å². The van der Waals surface area contributed by atoms with Gasteiger partial charge in [0, 0.05) is 13.2 Å². The Hall–Kier alpha value is -0.340. The summed E-state index contributed by atoms with van der Waals surface area (Å²) in [5.41, 5.74) is 5.84. The van der Waals surface area contributed by atoms with Crippen LogP contribution in [-0.4, -0.2) is 19.8 Å². The topological polar surface area (TPSA) is 35.2 Å². The van der Waals surface area contributed by atoms with E-state index in [1.165, 1.54) is 12.8 Å². The Morgan fingerprint density at radius 2 is 1.93 bits per heavy atom. The van der Waals surface area contributed by atoms with Gasteiger partial charge >= 0.3 is 0 Å². The van der Waals surface area contributed by atoms with Crippen molar-refractivity contribution in [3.63, 3.8) is 0 Å². The van der Waals surface area contributed by atoms with Gasteiger partial charge in [-0.05, 0) is 30.6 Å². The second kappa shape index (κ2) is 5.52. The summed E-state index contributed by atoms with van der Waals surface area (Å²) < 4.78 is 5.00. The van der Waals surface area contributed by atoms with Crippen LogP contribution in [0, 0.1) is 17.8 Å². The number of ether oxygens (including phenoxy) is 1. The van der Waals surface area contributed by atoms with E-state index in [0.29, 0.717) is 6.61 Å². The standard InChI is InChI=1S/C12H23NO/c1-9-4-5-10(2)12(9)7-6-11(13)8-14-3/h6-7,9-12H,4-5,8,13H2,1-3H3. The summed E-state index contributed by atoms with van der Waals surface area (Å²) in [5, 5.41) is 0. The fraction of sp³-hybridized carbons (Fsp3) is 0.833. The molecule has 1 rings (SSSR count). The molecule has 2 heteroatoms. The highest BCUT2D eigenvalue weighted by atomic mass is 16.5. The normalized spacial score (nSPS) is 35.3. The Morgan fingerprint density at radius 1 is 1.36 bits per heavy atom. The molecule has 1 aliphatic rings. The fourth-order valence-electron chi connectivity index (χ4n) is 2.37. The van der Waals surface area contributed by atoms with Gasteiger partial charge in [0.05, 0.1) is 6.61 Å². The summed E-state index contributed by atoms with van der Waals surface area (Å²) in [6, 6.07) is 0.0556. The Balaban J connectivity index is 2.41. The van der Waals surface area contributed by atoms with Crippen molar-refractivity contribution in [1.29, 1.82) is 0 Å². The number of methoxy groups -OCH3 is 1. The zero-order chi connectivity index (χ0) is 10.6. The lowest BCUT2D eigenvalue weighted by Crippen LogP contribution is -2.23. The first-order valence-corrected chi connectivity index (χ1v) is 5.58. The van der Waals surface area contributed by atoms with Crippen LogP contribution in [0.1, 0.15) is 26.7 Å². The molecule has 82 valence electrons. The van der Waals surface area contributed by atoms with E-state index in [1.807, 2.05) is 0 Å². The third-order valence-electron chi connectivity index (χ3n) is 3.33. The summed E-state index contributed by atoms with van der Waals surface area (Å²) >= 11 is 0. The van der Waals surface area contributed by atoms with E-state index in [2.05, 4.69) is 26.0 Å². The van der Waals surface area contributed by atoms with Crippen molar-refractivity contribution in [2.75, 3.05) is 13.7 Å². The van der Waals surface area contributed by atoms with E-state index in [4.69, 9.17) is 10.5 Å². The maximum atomic E-state index is 5.84. The monoisotopic (exact) mass is 197 g/mol. The first-order valence-electron chi connectivity index (χ1n) is 5.58. The molecule has 1 fully saturated rings. The van der Waals surface area contributed by atoms with Gasteiger partial charge in [0.25, 0.3) is 0 Å². The van der Waals surface area contributed by atoms with Gasteiger partial charge in [-0.3, -0.25) is 0 Å². The first kappa shape index (κ1) is 11.7. The van der Waals surface area contributed by atoms with E-state index >= 15 is 0 Å². The first-order chi connectivity index (χ1) is 6.65. The molecule has 0 spiro atoms. The van der Waals surface area contributed by atoms with Crippen molar-refractivity contribution < 1.29 is 4.74 Å². The van der Waals surface area contributed by atoms with Crippen molar-refractivity contribution in [3.05, 3.63) is 12.2 Å². The number of hydrogen-bond donors (Lipinski definition) is 1. The van der Waals surface area contributed by atoms with Crippen LogP contribution < -0.4 is 5.73 Å². The maximum absolute atomic E-state index is 5.84. The molecule has 0 saturated heterocycles. The maximum Gasteiger partial charge on any atom is 0.0649 e. The minimum Gasteiger partial charge on any atom is -0.383 e. The van der Waals surface area contributed by atoms with E-state index in [1.54, 1.807) is 7.11 Å². The molecular weight excluding hydrogens is 174 g/mol. The van der Waals surface area contributed by atoms with Gasteiger partial charge in [-0.25, -0.2) is 0 Å². The lowest BCUT2D eigenvalue weighted by atomic mass is 9.91. The Labute approximate surface area is 87.5 Å². The third kappa shape index (κ3) is 3.10. The highest BCUT2D eigenvalue weighted by molar-refractivity contribution is 5.00. The van der Waals surface area contributed by atoms with E-state index in [0.717, 1.165) is 17.8 Å². The predicted molar refractivity (Wildman–Crippen MR) is 60.0 cm³/mol. The van der Waals surface area contributed by atoms with Gasteiger partial charge in [-0.2, -0.15) is 0 Å². The minimum absolute atomic E-state index is 0.0556. The Kier molecular flexibility index (Phi) is 4.63. The molecule has 0 amide bonds. The predicted octanol–water partition coefficient (Wildman–Crippen LogP) is 2.20. The molecule has 2 N–H and O–H groups in total. The summed E-state index contributed by atoms with van der Waals surface area (Å²) in [6.07, 6.45) is 7.11. The number of hydrogen-bond acceptors (Lipinski definition) is 2. The van der Waals surface area contributed by atoms with E-state index < -0.39 is 0 Å². The van der Waals surface area contributed by atoms with Crippen LogP contribution in [0.5, 0.6) is 0 Å². The van der Waals surface area contributed by atoms with Crippen LogP contribution in [0.15, 0.2) is 12.2 Å². The third-order valence-corrected chi connectivity index (χ3v) is 3.33. The minimum atomic E-state index is 0.0556. The number of rotatable bonds is 4. The molecular formula is C12H23NO. The van der Waals surface area contributed by atoms with Gasteiger partial charge < -0.3 is 10.5 Å². The van der Waals surface area contributed by atoms with Crippen LogP contribution in [-0.2, 0) is 4.74 Å². The molecule has 0 aromatic carbocycles. The molecule has 0 radical (unpaired) electrons. The average Bonchev–Trinajstić information content (AvgIpc) is 2.44. The second-order valence-corrected chi connectivity index (χ2v) is 4.61. The zero-order valence-electron chi connectivity index (χ0n) is 9.57. The van der Waals surface area contributed by atoms with Gasteiger partial charge in [-0.1, -0.05) is 26.0 Å². The molecule has 0 bridgehead atoms. The highest BCUT2D eigenvalue weighted by Crippen LogP contribution is 2.37. The summed E-state index contributed by atoms with van der Waals surface area (Å²) in [4.78, 5) is 0.